The van der Waals surface area contributed by atoms with Gasteiger partial charge in [0, 0.05) is 16.1 Å². The number of hydrazine groups is 1. The fourth-order valence-electron chi connectivity index (χ4n) is 4.85. The molecule has 38 heavy (non-hydrogen) atoms. The summed E-state index contributed by atoms with van der Waals surface area (Å²) in [6.07, 6.45) is 2.83. The SMILES string of the molecule is O=C(CN(C(=O)c1ccc(Cl)cc1)N1C(=O)[C@H]2CCCC[C@H]2C1=O)c1ccc(OC(=O)c2cccs2)cc1. The number of fused-ring (bicyclic) bond motifs is 1. The Morgan fingerprint density at radius 3 is 2.08 bits per heavy atom. The number of ketones is 1. The van der Waals surface area contributed by atoms with Crippen molar-refractivity contribution in [3.63, 3.8) is 0 Å². The van der Waals surface area contributed by atoms with Gasteiger partial charge in [-0.05, 0) is 72.8 Å². The van der Waals surface area contributed by atoms with E-state index in [9.17, 15) is 24.0 Å². The Balaban J connectivity index is 1.38. The van der Waals surface area contributed by atoms with E-state index >= 15 is 0 Å². The molecule has 0 spiro atoms. The van der Waals surface area contributed by atoms with Crippen LogP contribution in [0.4, 0.5) is 0 Å². The number of rotatable bonds is 7. The van der Waals surface area contributed by atoms with E-state index in [2.05, 4.69) is 0 Å². The summed E-state index contributed by atoms with van der Waals surface area (Å²) >= 11 is 7.21. The first-order valence-electron chi connectivity index (χ1n) is 12.2. The summed E-state index contributed by atoms with van der Waals surface area (Å²) in [6, 6.07) is 15.3. The summed E-state index contributed by atoms with van der Waals surface area (Å²) in [5.74, 6) is -3.27. The summed E-state index contributed by atoms with van der Waals surface area (Å²) in [4.78, 5) is 66.0. The molecule has 1 aliphatic heterocycles. The smallest absolute Gasteiger partial charge is 0.353 e. The van der Waals surface area contributed by atoms with Crippen molar-refractivity contribution in [2.24, 2.45) is 11.8 Å². The van der Waals surface area contributed by atoms with Crippen LogP contribution in [0.25, 0.3) is 0 Å². The number of thiophene rings is 1. The normalized spacial score (nSPS) is 18.7. The number of carbonyl (C=O) groups excluding carboxylic acids is 5. The van der Waals surface area contributed by atoms with Gasteiger partial charge in [0.2, 0.25) is 0 Å². The van der Waals surface area contributed by atoms with Crippen LogP contribution in [-0.2, 0) is 9.59 Å². The molecule has 194 valence electrons. The van der Waals surface area contributed by atoms with Crippen molar-refractivity contribution >= 4 is 52.4 Å². The molecule has 3 aromatic rings. The third kappa shape index (κ3) is 5.12. The first-order valence-corrected chi connectivity index (χ1v) is 13.4. The molecule has 2 aromatic carbocycles. The maximum absolute atomic E-state index is 13.5. The van der Waals surface area contributed by atoms with Gasteiger partial charge in [-0.3, -0.25) is 19.2 Å². The van der Waals surface area contributed by atoms with Gasteiger partial charge in [0.15, 0.2) is 5.78 Å². The highest BCUT2D eigenvalue weighted by molar-refractivity contribution is 7.12. The first kappa shape index (κ1) is 25.8. The van der Waals surface area contributed by atoms with Crippen LogP contribution in [-0.4, -0.2) is 46.0 Å². The van der Waals surface area contributed by atoms with Crippen molar-refractivity contribution in [1.82, 2.24) is 10.0 Å². The number of benzene rings is 2. The second kappa shape index (κ2) is 10.9. The van der Waals surface area contributed by atoms with Crippen molar-refractivity contribution in [3.8, 4) is 5.75 Å². The highest BCUT2D eigenvalue weighted by atomic mass is 35.5. The highest BCUT2D eigenvalue weighted by Crippen LogP contribution is 2.39. The van der Waals surface area contributed by atoms with Crippen molar-refractivity contribution in [1.29, 1.82) is 0 Å². The van der Waals surface area contributed by atoms with Gasteiger partial charge in [-0.1, -0.05) is 30.5 Å². The highest BCUT2D eigenvalue weighted by Gasteiger charge is 2.51. The first-order chi connectivity index (χ1) is 18.3. The molecule has 2 heterocycles. The Morgan fingerprint density at radius 2 is 1.50 bits per heavy atom. The number of imide groups is 1. The molecule has 0 unspecified atom stereocenters. The van der Waals surface area contributed by atoms with Crippen LogP contribution in [0, 0.1) is 11.8 Å². The number of halogens is 1. The molecule has 0 N–H and O–H groups in total. The van der Waals surface area contributed by atoms with Crippen LogP contribution < -0.4 is 4.74 Å². The van der Waals surface area contributed by atoms with Gasteiger partial charge in [-0.15, -0.1) is 11.3 Å². The van der Waals surface area contributed by atoms with E-state index in [1.807, 2.05) is 0 Å². The second-order valence-electron chi connectivity index (χ2n) is 9.17. The Labute approximate surface area is 227 Å². The number of hydrogen-bond donors (Lipinski definition) is 0. The molecule has 0 radical (unpaired) electrons. The summed E-state index contributed by atoms with van der Waals surface area (Å²) in [5, 5.41) is 4.00. The second-order valence-corrected chi connectivity index (χ2v) is 10.6. The predicted molar refractivity (Wildman–Crippen MR) is 140 cm³/mol. The van der Waals surface area contributed by atoms with Gasteiger partial charge in [-0.2, -0.15) is 5.01 Å². The Kier molecular flexibility index (Phi) is 7.40. The molecule has 8 nitrogen and oxygen atoms in total. The monoisotopic (exact) mass is 550 g/mol. The minimum Gasteiger partial charge on any atom is -0.422 e. The molecule has 1 aromatic heterocycles. The Bertz CT molecular complexity index is 1360. The number of hydrogen-bond acceptors (Lipinski definition) is 7. The van der Waals surface area contributed by atoms with Crippen LogP contribution in [0.3, 0.4) is 0 Å². The van der Waals surface area contributed by atoms with Gasteiger partial charge in [0.25, 0.3) is 17.7 Å². The lowest BCUT2D eigenvalue weighted by Gasteiger charge is -2.30. The number of carbonyl (C=O) groups is 5. The van der Waals surface area contributed by atoms with Gasteiger partial charge in [0.1, 0.15) is 17.2 Å². The molecule has 2 aliphatic rings. The number of nitrogens with zero attached hydrogens (tertiary/aromatic N) is 2. The maximum atomic E-state index is 13.5. The molecule has 5 rings (SSSR count). The number of amides is 3. The molecule has 2 fully saturated rings. The molecule has 0 bridgehead atoms. The van der Waals surface area contributed by atoms with Crippen LogP contribution in [0.15, 0.2) is 66.0 Å². The van der Waals surface area contributed by atoms with Crippen LogP contribution >= 0.6 is 22.9 Å². The summed E-state index contributed by atoms with van der Waals surface area (Å²) < 4.78 is 5.33. The third-order valence-corrected chi connectivity index (χ3v) is 7.89. The van der Waals surface area contributed by atoms with Crippen molar-refractivity contribution in [2.45, 2.75) is 25.7 Å². The zero-order valence-electron chi connectivity index (χ0n) is 20.2. The van der Waals surface area contributed by atoms with Gasteiger partial charge in [0.05, 0.1) is 11.8 Å². The largest absolute Gasteiger partial charge is 0.422 e. The molecular formula is C28H23ClN2O6S. The standard InChI is InChI=1S/C28H23ClN2O6S/c29-19-11-7-18(8-12-19)25(33)30(31-26(34)21-4-1-2-5-22(21)27(31)35)16-23(32)17-9-13-20(14-10-17)37-28(36)24-6-3-15-38-24/h3,6-15,21-22H,1-2,4-5,16H2/t21-,22+. The predicted octanol–water partition coefficient (Wildman–Crippen LogP) is 5.04. The molecule has 1 saturated carbocycles. The topological polar surface area (TPSA) is 101 Å². The molecule has 3 amide bonds. The number of Topliss-reactive ketones (excluding diaryl/α,β-unsaturated/α-hetero) is 1. The van der Waals surface area contributed by atoms with Crippen LogP contribution in [0.5, 0.6) is 5.75 Å². The fourth-order valence-corrected chi connectivity index (χ4v) is 5.57. The Morgan fingerprint density at radius 1 is 0.895 bits per heavy atom. The van der Waals surface area contributed by atoms with E-state index in [4.69, 9.17) is 16.3 Å². The van der Waals surface area contributed by atoms with Gasteiger partial charge >= 0.3 is 5.97 Å². The van der Waals surface area contributed by atoms with E-state index in [1.54, 1.807) is 17.5 Å². The van der Waals surface area contributed by atoms with Crippen molar-refractivity contribution in [3.05, 3.63) is 87.1 Å². The van der Waals surface area contributed by atoms with E-state index in [0.717, 1.165) is 22.9 Å². The van der Waals surface area contributed by atoms with Gasteiger partial charge < -0.3 is 4.74 Å². The molecule has 1 saturated heterocycles. The van der Waals surface area contributed by atoms with E-state index in [-0.39, 0.29) is 16.9 Å². The minimum absolute atomic E-state index is 0.188. The zero-order valence-corrected chi connectivity index (χ0v) is 21.7. The zero-order chi connectivity index (χ0) is 26.8. The molecular weight excluding hydrogens is 528 g/mol. The average molecular weight is 551 g/mol. The number of ether oxygens (including phenoxy) is 1. The summed E-state index contributed by atoms with van der Waals surface area (Å²) in [5.41, 5.74) is 0.417. The van der Waals surface area contributed by atoms with Crippen LogP contribution in [0.2, 0.25) is 5.02 Å². The lowest BCUT2D eigenvalue weighted by atomic mass is 9.81. The third-order valence-electron chi connectivity index (χ3n) is 6.79. The van der Waals surface area contributed by atoms with Gasteiger partial charge in [-0.25, -0.2) is 9.80 Å². The fraction of sp³-hybridized carbons (Fsp3) is 0.250. The van der Waals surface area contributed by atoms with Crippen LogP contribution in [0.1, 0.15) is 56.1 Å². The minimum atomic E-state index is -0.656. The molecule has 1 aliphatic carbocycles. The van der Waals surface area contributed by atoms with E-state index in [1.165, 1.54) is 59.9 Å². The lowest BCUT2D eigenvalue weighted by Crippen LogP contribution is -2.52. The summed E-state index contributed by atoms with van der Waals surface area (Å²) in [6.45, 7) is -0.521. The van der Waals surface area contributed by atoms with Crippen molar-refractivity contribution in [2.75, 3.05) is 6.54 Å². The quantitative estimate of drug-likeness (QED) is 0.177. The number of esters is 1. The van der Waals surface area contributed by atoms with Crippen molar-refractivity contribution < 1.29 is 28.7 Å². The average Bonchev–Trinajstić information content (AvgIpc) is 3.56. The van der Waals surface area contributed by atoms with E-state index < -0.39 is 47.9 Å². The summed E-state index contributed by atoms with van der Waals surface area (Å²) in [7, 11) is 0. The maximum Gasteiger partial charge on any atom is 0.353 e. The van der Waals surface area contributed by atoms with E-state index in [0.29, 0.717) is 22.7 Å². The molecule has 10 heteroatoms. The molecule has 2 atom stereocenters. The Hall–Kier alpha value is -3.82. The lowest BCUT2D eigenvalue weighted by molar-refractivity contribution is -0.154.